The lowest BCUT2D eigenvalue weighted by Crippen LogP contribution is -2.15. The molecule has 166 valence electrons. The molecule has 0 atom stereocenters. The topological polar surface area (TPSA) is 97.6 Å². The molecule has 0 bridgehead atoms. The van der Waals surface area contributed by atoms with Gasteiger partial charge in [0.15, 0.2) is 0 Å². The number of nitrogens with one attached hydrogen (secondary N) is 2. The second kappa shape index (κ2) is 8.78. The first-order valence-corrected chi connectivity index (χ1v) is 10.7. The number of benzene rings is 1. The number of hydrogen-bond acceptors (Lipinski definition) is 6. The van der Waals surface area contributed by atoms with Crippen molar-refractivity contribution in [2.75, 3.05) is 10.6 Å². The quantitative estimate of drug-likeness (QED) is 0.444. The summed E-state index contributed by atoms with van der Waals surface area (Å²) in [4.78, 5) is 25.3. The normalized spacial score (nSPS) is 13.0. The van der Waals surface area contributed by atoms with Crippen LogP contribution < -0.4 is 10.6 Å². The van der Waals surface area contributed by atoms with Gasteiger partial charge in [-0.2, -0.15) is 5.10 Å². The number of carbonyl (C=O) groups is 1. The van der Waals surface area contributed by atoms with Crippen molar-refractivity contribution in [2.24, 2.45) is 7.05 Å². The molecule has 0 unspecified atom stereocenters. The maximum Gasteiger partial charge on any atom is 0.228 e. The second-order valence-electron chi connectivity index (χ2n) is 8.10. The van der Waals surface area contributed by atoms with Crippen molar-refractivity contribution >= 4 is 23.2 Å². The molecule has 1 fully saturated rings. The molecule has 0 spiro atoms. The number of rotatable bonds is 7. The third-order valence-corrected chi connectivity index (χ3v) is 5.41. The molecular formula is C24H22FN7O. The number of pyridine rings is 1. The smallest absolute Gasteiger partial charge is 0.228 e. The van der Waals surface area contributed by atoms with E-state index in [-0.39, 0.29) is 12.3 Å². The fourth-order valence-electron chi connectivity index (χ4n) is 3.53. The number of carbonyl (C=O) groups excluding carboxylic acids is 1. The van der Waals surface area contributed by atoms with E-state index >= 15 is 0 Å². The summed E-state index contributed by atoms with van der Waals surface area (Å²) < 4.78 is 16.4. The Morgan fingerprint density at radius 3 is 2.58 bits per heavy atom. The minimum absolute atomic E-state index is 0.0579. The van der Waals surface area contributed by atoms with E-state index in [4.69, 9.17) is 0 Å². The molecule has 0 saturated heterocycles. The van der Waals surface area contributed by atoms with E-state index in [1.165, 1.54) is 6.07 Å². The Kier molecular flexibility index (Phi) is 5.52. The van der Waals surface area contributed by atoms with Crippen LogP contribution in [0.3, 0.4) is 0 Å². The Labute approximate surface area is 189 Å². The summed E-state index contributed by atoms with van der Waals surface area (Å²) in [6.07, 6.45) is 10.6. The summed E-state index contributed by atoms with van der Waals surface area (Å²) in [6.45, 7) is 0. The minimum Gasteiger partial charge on any atom is -0.326 e. The first-order chi connectivity index (χ1) is 16.0. The van der Waals surface area contributed by atoms with E-state index in [0.29, 0.717) is 34.2 Å². The van der Waals surface area contributed by atoms with Crippen LogP contribution in [-0.4, -0.2) is 30.6 Å². The molecule has 33 heavy (non-hydrogen) atoms. The number of amides is 1. The Balaban J connectivity index is 1.23. The van der Waals surface area contributed by atoms with Crippen LogP contribution >= 0.6 is 0 Å². The van der Waals surface area contributed by atoms with Gasteiger partial charge >= 0.3 is 0 Å². The van der Waals surface area contributed by atoms with Crippen LogP contribution in [0.5, 0.6) is 0 Å². The van der Waals surface area contributed by atoms with E-state index in [0.717, 1.165) is 24.2 Å². The molecule has 0 radical (unpaired) electrons. The molecule has 2 N–H and O–H groups in total. The summed E-state index contributed by atoms with van der Waals surface area (Å²) in [5.41, 5.74) is 4.08. The van der Waals surface area contributed by atoms with Crippen LogP contribution in [0.25, 0.3) is 11.1 Å². The zero-order valence-electron chi connectivity index (χ0n) is 18.0. The molecule has 1 amide bonds. The van der Waals surface area contributed by atoms with E-state index in [1.807, 2.05) is 19.3 Å². The van der Waals surface area contributed by atoms with Crippen LogP contribution in [0.1, 0.15) is 30.0 Å². The number of hydrogen-bond donors (Lipinski definition) is 2. The number of aryl methyl sites for hydroxylation is 1. The Hall–Kier alpha value is -4.14. The van der Waals surface area contributed by atoms with Crippen molar-refractivity contribution in [3.8, 4) is 11.1 Å². The highest BCUT2D eigenvalue weighted by Crippen LogP contribution is 2.39. The Bertz CT molecular complexity index is 1300. The van der Waals surface area contributed by atoms with Gasteiger partial charge in [0, 0.05) is 54.7 Å². The monoisotopic (exact) mass is 443 g/mol. The SMILES string of the molecule is Cn1cc(Nc2ncc(-c3ccc(CC(=O)Nc4ccnc(C5CC5)c4)c(F)c3)cn2)cn1. The Morgan fingerprint density at radius 1 is 1.06 bits per heavy atom. The van der Waals surface area contributed by atoms with Crippen LogP contribution in [0.4, 0.5) is 21.7 Å². The molecule has 1 aliphatic carbocycles. The number of anilines is 3. The first-order valence-electron chi connectivity index (χ1n) is 10.7. The van der Waals surface area contributed by atoms with Crippen molar-refractivity contribution in [3.63, 3.8) is 0 Å². The van der Waals surface area contributed by atoms with Gasteiger partial charge in [-0.05, 0) is 42.2 Å². The van der Waals surface area contributed by atoms with Crippen LogP contribution in [0.15, 0.2) is 61.3 Å². The lowest BCUT2D eigenvalue weighted by atomic mass is 10.0. The summed E-state index contributed by atoms with van der Waals surface area (Å²) in [5, 5.41) is 9.96. The third kappa shape index (κ3) is 5.03. The fraction of sp³-hybridized carbons (Fsp3) is 0.208. The summed E-state index contributed by atoms with van der Waals surface area (Å²) >= 11 is 0. The van der Waals surface area contributed by atoms with Crippen molar-refractivity contribution < 1.29 is 9.18 Å². The molecule has 9 heteroatoms. The predicted molar refractivity (Wildman–Crippen MR) is 122 cm³/mol. The predicted octanol–water partition coefficient (Wildman–Crippen LogP) is 4.21. The second-order valence-corrected chi connectivity index (χ2v) is 8.10. The lowest BCUT2D eigenvalue weighted by molar-refractivity contribution is -0.115. The van der Waals surface area contributed by atoms with E-state index in [9.17, 15) is 9.18 Å². The maximum absolute atomic E-state index is 14.7. The number of nitrogens with zero attached hydrogens (tertiary/aromatic N) is 5. The average molecular weight is 443 g/mol. The standard InChI is InChI=1S/C24H22FN7O/c1-32-14-20(13-29-32)31-24-27-11-18(12-28-24)16-4-5-17(21(25)8-16)9-23(33)30-19-6-7-26-22(10-19)15-2-3-15/h4-8,10-15H,2-3,9H2,1H3,(H,26,30,33)(H,27,28,31). The minimum atomic E-state index is -0.450. The largest absolute Gasteiger partial charge is 0.326 e. The van der Waals surface area contributed by atoms with Gasteiger partial charge in [0.25, 0.3) is 0 Å². The third-order valence-electron chi connectivity index (χ3n) is 5.41. The fourth-order valence-corrected chi connectivity index (χ4v) is 3.53. The van der Waals surface area contributed by atoms with Crippen molar-refractivity contribution in [3.05, 3.63) is 78.4 Å². The molecule has 0 aliphatic heterocycles. The molecule has 8 nitrogen and oxygen atoms in total. The molecule has 1 aromatic carbocycles. The van der Waals surface area contributed by atoms with E-state index in [1.54, 1.807) is 47.7 Å². The van der Waals surface area contributed by atoms with Gasteiger partial charge in [-0.25, -0.2) is 14.4 Å². The zero-order valence-corrected chi connectivity index (χ0v) is 18.0. The van der Waals surface area contributed by atoms with Crippen molar-refractivity contribution in [1.29, 1.82) is 0 Å². The zero-order chi connectivity index (χ0) is 22.8. The molecule has 1 saturated carbocycles. The highest BCUT2D eigenvalue weighted by atomic mass is 19.1. The maximum atomic E-state index is 14.7. The van der Waals surface area contributed by atoms with Crippen LogP contribution in [-0.2, 0) is 18.3 Å². The average Bonchev–Trinajstić information content (AvgIpc) is 3.58. The molecular weight excluding hydrogens is 421 g/mol. The van der Waals surface area contributed by atoms with Gasteiger partial charge in [0.2, 0.25) is 11.9 Å². The first kappa shape index (κ1) is 20.7. The summed E-state index contributed by atoms with van der Waals surface area (Å²) in [5.74, 6) is 0.190. The van der Waals surface area contributed by atoms with Gasteiger partial charge in [0.1, 0.15) is 5.82 Å². The van der Waals surface area contributed by atoms with Crippen molar-refractivity contribution in [1.82, 2.24) is 24.7 Å². The molecule has 5 rings (SSSR count). The van der Waals surface area contributed by atoms with Gasteiger partial charge in [-0.3, -0.25) is 14.5 Å². The summed E-state index contributed by atoms with van der Waals surface area (Å²) in [7, 11) is 1.82. The highest BCUT2D eigenvalue weighted by molar-refractivity contribution is 5.92. The molecule has 1 aliphatic rings. The number of halogens is 1. The summed E-state index contributed by atoms with van der Waals surface area (Å²) in [6, 6.07) is 8.41. The van der Waals surface area contributed by atoms with Crippen LogP contribution in [0, 0.1) is 5.82 Å². The van der Waals surface area contributed by atoms with Crippen molar-refractivity contribution in [2.45, 2.75) is 25.2 Å². The lowest BCUT2D eigenvalue weighted by Gasteiger charge is -2.09. The molecule has 4 aromatic rings. The van der Waals surface area contributed by atoms with Gasteiger partial charge in [-0.15, -0.1) is 0 Å². The molecule has 3 heterocycles. The number of aromatic nitrogens is 5. The highest BCUT2D eigenvalue weighted by Gasteiger charge is 2.25. The van der Waals surface area contributed by atoms with Gasteiger partial charge < -0.3 is 10.6 Å². The van der Waals surface area contributed by atoms with Crippen LogP contribution in [0.2, 0.25) is 0 Å². The van der Waals surface area contributed by atoms with Gasteiger partial charge in [0.05, 0.1) is 18.3 Å². The Morgan fingerprint density at radius 2 is 1.88 bits per heavy atom. The molecule has 3 aromatic heterocycles. The van der Waals surface area contributed by atoms with E-state index in [2.05, 4.69) is 30.7 Å². The van der Waals surface area contributed by atoms with E-state index < -0.39 is 5.82 Å². The van der Waals surface area contributed by atoms with Gasteiger partial charge in [-0.1, -0.05) is 12.1 Å².